The molecule has 3 heterocycles. The first-order chi connectivity index (χ1) is 10.8. The van der Waals surface area contributed by atoms with E-state index in [1.165, 1.54) is 16.9 Å². The van der Waals surface area contributed by atoms with Crippen LogP contribution in [-0.4, -0.2) is 11.8 Å². The average Bonchev–Trinajstić information content (AvgIpc) is 3.05. The summed E-state index contributed by atoms with van der Waals surface area (Å²) in [5, 5.41) is 3.88. The molecule has 1 atom stereocenters. The Morgan fingerprint density at radius 2 is 1.95 bits per heavy atom. The molecule has 2 aliphatic heterocycles. The summed E-state index contributed by atoms with van der Waals surface area (Å²) >= 11 is 1.64. The van der Waals surface area contributed by atoms with Gasteiger partial charge >= 0.3 is 0 Å². The van der Waals surface area contributed by atoms with Gasteiger partial charge in [-0.1, -0.05) is 18.2 Å². The fourth-order valence-electron chi connectivity index (χ4n) is 3.82. The molecule has 1 aromatic carbocycles. The Bertz CT molecular complexity index is 839. The molecule has 1 N–H and O–H groups in total. The number of hydrogen-bond acceptors (Lipinski definition) is 3. The van der Waals surface area contributed by atoms with Gasteiger partial charge in [0.15, 0.2) is 0 Å². The van der Waals surface area contributed by atoms with Crippen molar-refractivity contribution in [3.63, 3.8) is 0 Å². The maximum Gasteiger partial charge on any atom is 0.261 e. The zero-order chi connectivity index (χ0) is 14.8. The fourth-order valence-corrected chi connectivity index (χ4v) is 5.23. The first-order valence-corrected chi connectivity index (χ1v) is 8.45. The van der Waals surface area contributed by atoms with Crippen LogP contribution >= 0.6 is 11.3 Å². The predicted octanol–water partition coefficient (Wildman–Crippen LogP) is 3.03. The summed E-state index contributed by atoms with van der Waals surface area (Å²) in [4.78, 5) is 28.5. The van der Waals surface area contributed by atoms with Crippen molar-refractivity contribution in [2.24, 2.45) is 0 Å². The first-order valence-electron chi connectivity index (χ1n) is 7.63. The normalized spacial score (nSPS) is 21.8. The van der Waals surface area contributed by atoms with E-state index in [9.17, 15) is 9.59 Å². The number of carbonyl (C=O) groups excluding carboxylic acids is 2. The highest BCUT2D eigenvalue weighted by Crippen LogP contribution is 2.48. The maximum absolute atomic E-state index is 12.8. The average molecular weight is 310 g/mol. The standard InChI is InChI=1S/C17H14N2O2S/c20-15-13-11-7-3-4-8-12(11)22-17(13)19-14(18-15)9-5-1-2-6-10(9)16(19)21/h1-2,5-6,14H,3-4,7-8H2,(H,18,20). The van der Waals surface area contributed by atoms with Crippen molar-refractivity contribution in [1.29, 1.82) is 0 Å². The van der Waals surface area contributed by atoms with Crippen LogP contribution in [0.25, 0.3) is 0 Å². The third-order valence-electron chi connectivity index (χ3n) is 4.83. The minimum atomic E-state index is -0.344. The minimum Gasteiger partial charge on any atom is -0.327 e. The second-order valence-electron chi connectivity index (χ2n) is 6.03. The molecule has 110 valence electrons. The highest BCUT2D eigenvalue weighted by Gasteiger charge is 2.45. The SMILES string of the molecule is O=C1NC2c3ccccc3C(=O)N2c2sc3c(c21)CCCC3. The molecule has 3 aliphatic rings. The Morgan fingerprint density at radius 3 is 2.86 bits per heavy atom. The van der Waals surface area contributed by atoms with Crippen LogP contribution in [0.2, 0.25) is 0 Å². The zero-order valence-electron chi connectivity index (χ0n) is 11.9. The number of benzene rings is 1. The molecular weight excluding hydrogens is 296 g/mol. The lowest BCUT2D eigenvalue weighted by molar-refractivity contribution is 0.0912. The molecule has 1 unspecified atom stereocenters. The maximum atomic E-state index is 12.8. The Kier molecular flexibility index (Phi) is 2.37. The van der Waals surface area contributed by atoms with Crippen molar-refractivity contribution < 1.29 is 9.59 Å². The summed E-state index contributed by atoms with van der Waals surface area (Å²) in [5.74, 6) is -0.0272. The molecule has 5 rings (SSSR count). The monoisotopic (exact) mass is 310 g/mol. The Labute approximate surface area is 131 Å². The van der Waals surface area contributed by atoms with Crippen LogP contribution in [0.15, 0.2) is 24.3 Å². The van der Waals surface area contributed by atoms with Gasteiger partial charge in [-0.15, -0.1) is 11.3 Å². The fraction of sp³-hybridized carbons (Fsp3) is 0.294. The smallest absolute Gasteiger partial charge is 0.261 e. The van der Waals surface area contributed by atoms with Gasteiger partial charge in [0.25, 0.3) is 11.8 Å². The minimum absolute atomic E-state index is 0.000414. The van der Waals surface area contributed by atoms with E-state index in [0.717, 1.165) is 35.4 Å². The number of fused-ring (bicyclic) bond motifs is 7. The van der Waals surface area contributed by atoms with E-state index in [4.69, 9.17) is 0 Å². The summed E-state index contributed by atoms with van der Waals surface area (Å²) in [7, 11) is 0. The van der Waals surface area contributed by atoms with Crippen molar-refractivity contribution in [3.05, 3.63) is 51.4 Å². The lowest BCUT2D eigenvalue weighted by atomic mass is 9.94. The highest BCUT2D eigenvalue weighted by molar-refractivity contribution is 7.17. The second kappa shape index (κ2) is 4.20. The molecule has 1 aromatic heterocycles. The molecule has 1 aliphatic carbocycles. The van der Waals surface area contributed by atoms with Gasteiger partial charge in [-0.2, -0.15) is 0 Å². The molecule has 0 bridgehead atoms. The Morgan fingerprint density at radius 1 is 1.14 bits per heavy atom. The predicted molar refractivity (Wildman–Crippen MR) is 84.4 cm³/mol. The Balaban J connectivity index is 1.74. The second-order valence-corrected chi connectivity index (χ2v) is 7.11. The van der Waals surface area contributed by atoms with Crippen LogP contribution in [0.4, 0.5) is 5.00 Å². The van der Waals surface area contributed by atoms with Gasteiger partial charge in [-0.3, -0.25) is 14.5 Å². The quantitative estimate of drug-likeness (QED) is 0.813. The third kappa shape index (κ3) is 1.42. The molecule has 22 heavy (non-hydrogen) atoms. The van der Waals surface area contributed by atoms with Gasteiger partial charge in [0.2, 0.25) is 0 Å². The van der Waals surface area contributed by atoms with Crippen molar-refractivity contribution in [2.45, 2.75) is 31.8 Å². The number of nitrogens with one attached hydrogen (secondary N) is 1. The van der Waals surface area contributed by atoms with Crippen molar-refractivity contribution in [3.8, 4) is 0 Å². The molecule has 0 saturated heterocycles. The van der Waals surface area contributed by atoms with Gasteiger partial charge in [0, 0.05) is 16.0 Å². The summed E-state index contributed by atoms with van der Waals surface area (Å²) < 4.78 is 0. The van der Waals surface area contributed by atoms with Gasteiger partial charge in [-0.25, -0.2) is 0 Å². The lowest BCUT2D eigenvalue weighted by Gasteiger charge is -2.30. The third-order valence-corrected chi connectivity index (χ3v) is 6.12. The van der Waals surface area contributed by atoms with Gasteiger partial charge in [-0.05, 0) is 37.3 Å². The molecule has 0 radical (unpaired) electrons. The van der Waals surface area contributed by atoms with Crippen LogP contribution in [-0.2, 0) is 12.8 Å². The highest BCUT2D eigenvalue weighted by atomic mass is 32.1. The number of amides is 2. The number of nitrogens with zero attached hydrogens (tertiary/aromatic N) is 1. The van der Waals surface area contributed by atoms with E-state index in [1.54, 1.807) is 16.2 Å². The molecule has 2 aromatic rings. The number of rotatable bonds is 0. The Hall–Kier alpha value is -2.14. The lowest BCUT2D eigenvalue weighted by Crippen LogP contribution is -2.44. The number of thiophene rings is 1. The van der Waals surface area contributed by atoms with Gasteiger partial charge in [0.05, 0.1) is 5.56 Å². The van der Waals surface area contributed by atoms with Gasteiger partial charge < -0.3 is 5.32 Å². The van der Waals surface area contributed by atoms with Crippen molar-refractivity contribution in [1.82, 2.24) is 5.32 Å². The van der Waals surface area contributed by atoms with Crippen LogP contribution < -0.4 is 10.2 Å². The molecule has 2 amide bonds. The summed E-state index contributed by atoms with van der Waals surface area (Å²) in [5.41, 5.74) is 3.52. The summed E-state index contributed by atoms with van der Waals surface area (Å²) in [6.45, 7) is 0. The number of aryl methyl sites for hydroxylation is 1. The summed E-state index contributed by atoms with van der Waals surface area (Å²) in [6, 6.07) is 7.56. The van der Waals surface area contributed by atoms with Crippen LogP contribution in [0.1, 0.15) is 55.7 Å². The van der Waals surface area contributed by atoms with E-state index >= 15 is 0 Å². The van der Waals surface area contributed by atoms with E-state index < -0.39 is 0 Å². The molecule has 0 saturated carbocycles. The number of anilines is 1. The van der Waals surface area contributed by atoms with E-state index in [0.29, 0.717) is 5.56 Å². The first kappa shape index (κ1) is 12.4. The van der Waals surface area contributed by atoms with E-state index in [-0.39, 0.29) is 18.0 Å². The molecule has 0 fully saturated rings. The molecular formula is C17H14N2O2S. The molecule has 5 heteroatoms. The zero-order valence-corrected chi connectivity index (χ0v) is 12.7. The molecule has 0 spiro atoms. The number of carbonyl (C=O) groups is 2. The van der Waals surface area contributed by atoms with Gasteiger partial charge in [0.1, 0.15) is 11.2 Å². The number of hydrogen-bond donors (Lipinski definition) is 1. The largest absolute Gasteiger partial charge is 0.327 e. The van der Waals surface area contributed by atoms with Crippen LogP contribution in [0, 0.1) is 0 Å². The topological polar surface area (TPSA) is 49.4 Å². The van der Waals surface area contributed by atoms with Crippen LogP contribution in [0.3, 0.4) is 0 Å². The van der Waals surface area contributed by atoms with Crippen LogP contribution in [0.5, 0.6) is 0 Å². The van der Waals surface area contributed by atoms with Crippen molar-refractivity contribution in [2.75, 3.05) is 4.90 Å². The summed E-state index contributed by atoms with van der Waals surface area (Å²) in [6.07, 6.45) is 3.93. The van der Waals surface area contributed by atoms with Crippen molar-refractivity contribution >= 4 is 28.2 Å². The molecule has 4 nitrogen and oxygen atoms in total. The van der Waals surface area contributed by atoms with E-state index in [2.05, 4.69) is 5.32 Å². The van der Waals surface area contributed by atoms with E-state index in [1.807, 2.05) is 24.3 Å².